The number of benzene rings is 1. The quantitative estimate of drug-likeness (QED) is 0.923. The van der Waals surface area contributed by atoms with Crippen molar-refractivity contribution in [3.8, 4) is 0 Å². The molecule has 1 aromatic rings. The highest BCUT2D eigenvalue weighted by molar-refractivity contribution is 9.10. The van der Waals surface area contributed by atoms with Gasteiger partial charge in [0, 0.05) is 29.1 Å². The second-order valence-corrected chi connectivity index (χ2v) is 5.89. The number of likely N-dealkylation sites (N-methyl/N-ethyl adjacent to an activating group) is 1. The van der Waals surface area contributed by atoms with E-state index in [1.807, 2.05) is 7.05 Å². The lowest BCUT2D eigenvalue weighted by Gasteiger charge is -2.22. The van der Waals surface area contributed by atoms with Gasteiger partial charge < -0.3 is 10.2 Å². The summed E-state index contributed by atoms with van der Waals surface area (Å²) in [6, 6.07) is 5.66. The van der Waals surface area contributed by atoms with Crippen LogP contribution in [0.25, 0.3) is 0 Å². The smallest absolute Gasteiger partial charge is 0.254 e. The van der Waals surface area contributed by atoms with E-state index in [0.717, 1.165) is 24.0 Å². The number of nitrogens with zero attached hydrogens (tertiary/aromatic N) is 1. The molecule has 5 heteroatoms. The maximum absolute atomic E-state index is 12.3. The molecule has 1 aliphatic rings. The van der Waals surface area contributed by atoms with Gasteiger partial charge in [-0.1, -0.05) is 11.6 Å². The highest BCUT2D eigenvalue weighted by Gasteiger charge is 2.20. The molecule has 1 amide bonds. The van der Waals surface area contributed by atoms with E-state index in [0.29, 0.717) is 16.6 Å². The fourth-order valence-electron chi connectivity index (χ4n) is 2.19. The van der Waals surface area contributed by atoms with Gasteiger partial charge in [-0.25, -0.2) is 0 Å². The Kier molecular flexibility index (Phi) is 4.65. The highest BCUT2D eigenvalue weighted by atomic mass is 79.9. The van der Waals surface area contributed by atoms with Crippen LogP contribution in [0.1, 0.15) is 23.2 Å². The van der Waals surface area contributed by atoms with Crippen LogP contribution in [0.15, 0.2) is 22.7 Å². The molecule has 1 heterocycles. The van der Waals surface area contributed by atoms with Crippen LogP contribution in [-0.4, -0.2) is 37.0 Å². The first-order valence-corrected chi connectivity index (χ1v) is 7.19. The SMILES string of the molecule is CN(CC1CCCN1)C(=O)c1ccc(Cl)cc1Br. The van der Waals surface area contributed by atoms with Crippen molar-refractivity contribution < 1.29 is 4.79 Å². The second kappa shape index (κ2) is 6.04. The lowest BCUT2D eigenvalue weighted by Crippen LogP contribution is -2.38. The standard InChI is InChI=1S/C13H16BrClN2O/c1-17(8-10-3-2-6-16-10)13(18)11-5-4-9(15)7-12(11)14/h4-5,7,10,16H,2-3,6,8H2,1H3. The predicted octanol–water partition coefficient (Wildman–Crippen LogP) is 2.93. The van der Waals surface area contributed by atoms with Crippen molar-refractivity contribution in [1.29, 1.82) is 0 Å². The van der Waals surface area contributed by atoms with Crippen molar-refractivity contribution in [2.75, 3.05) is 20.1 Å². The van der Waals surface area contributed by atoms with E-state index in [-0.39, 0.29) is 5.91 Å². The maximum atomic E-state index is 12.3. The molecule has 0 aromatic heterocycles. The number of amides is 1. The summed E-state index contributed by atoms with van der Waals surface area (Å²) in [7, 11) is 1.84. The molecule has 1 aromatic carbocycles. The molecule has 1 N–H and O–H groups in total. The monoisotopic (exact) mass is 330 g/mol. The summed E-state index contributed by atoms with van der Waals surface area (Å²) in [6.45, 7) is 1.80. The summed E-state index contributed by atoms with van der Waals surface area (Å²) in [5.74, 6) is 0.0206. The van der Waals surface area contributed by atoms with E-state index in [2.05, 4.69) is 21.2 Å². The summed E-state index contributed by atoms with van der Waals surface area (Å²) in [4.78, 5) is 14.1. The normalized spacial score (nSPS) is 18.9. The lowest BCUT2D eigenvalue weighted by atomic mass is 10.1. The van der Waals surface area contributed by atoms with Gasteiger partial charge in [-0.15, -0.1) is 0 Å². The fraction of sp³-hybridized carbons (Fsp3) is 0.462. The van der Waals surface area contributed by atoms with Crippen molar-refractivity contribution in [2.45, 2.75) is 18.9 Å². The van der Waals surface area contributed by atoms with Crippen LogP contribution in [0, 0.1) is 0 Å². The van der Waals surface area contributed by atoms with Crippen LogP contribution >= 0.6 is 27.5 Å². The third-order valence-corrected chi connectivity index (χ3v) is 4.06. The average molecular weight is 332 g/mol. The first kappa shape index (κ1) is 13.8. The number of carbonyl (C=O) groups is 1. The van der Waals surface area contributed by atoms with Gasteiger partial charge in [0.15, 0.2) is 0 Å². The minimum Gasteiger partial charge on any atom is -0.340 e. The van der Waals surface area contributed by atoms with Gasteiger partial charge in [-0.2, -0.15) is 0 Å². The Morgan fingerprint density at radius 3 is 3.00 bits per heavy atom. The summed E-state index contributed by atoms with van der Waals surface area (Å²) in [5, 5.41) is 4.01. The molecule has 98 valence electrons. The van der Waals surface area contributed by atoms with E-state index in [1.165, 1.54) is 6.42 Å². The first-order valence-electron chi connectivity index (χ1n) is 6.02. The molecule has 3 nitrogen and oxygen atoms in total. The topological polar surface area (TPSA) is 32.3 Å². The number of hydrogen-bond acceptors (Lipinski definition) is 2. The molecule has 2 rings (SSSR count). The Hall–Kier alpha value is -0.580. The van der Waals surface area contributed by atoms with Crippen molar-refractivity contribution >= 4 is 33.4 Å². The molecule has 0 spiro atoms. The third-order valence-electron chi connectivity index (χ3n) is 3.16. The zero-order chi connectivity index (χ0) is 13.1. The highest BCUT2D eigenvalue weighted by Crippen LogP contribution is 2.22. The Balaban J connectivity index is 2.05. The molecule has 0 saturated carbocycles. The molecule has 0 radical (unpaired) electrons. The van der Waals surface area contributed by atoms with Gasteiger partial charge in [0.05, 0.1) is 5.56 Å². The Bertz CT molecular complexity index is 447. The van der Waals surface area contributed by atoms with Crippen LogP contribution in [0.5, 0.6) is 0 Å². The van der Waals surface area contributed by atoms with Crippen molar-refractivity contribution in [3.63, 3.8) is 0 Å². The van der Waals surface area contributed by atoms with Gasteiger partial charge in [0.1, 0.15) is 0 Å². The molecule has 1 aliphatic heterocycles. The van der Waals surface area contributed by atoms with Crippen LogP contribution in [0.3, 0.4) is 0 Å². The van der Waals surface area contributed by atoms with Gasteiger partial charge in [-0.3, -0.25) is 4.79 Å². The molecular formula is C13H16BrClN2O. The number of halogens is 2. The molecule has 1 saturated heterocycles. The molecule has 1 unspecified atom stereocenters. The molecule has 0 bridgehead atoms. The number of rotatable bonds is 3. The summed E-state index contributed by atoms with van der Waals surface area (Å²) >= 11 is 9.25. The van der Waals surface area contributed by atoms with E-state index in [4.69, 9.17) is 11.6 Å². The van der Waals surface area contributed by atoms with Crippen molar-refractivity contribution in [2.24, 2.45) is 0 Å². The molecule has 1 atom stereocenters. The zero-order valence-electron chi connectivity index (χ0n) is 10.2. The number of carbonyl (C=O) groups excluding carboxylic acids is 1. The summed E-state index contributed by atoms with van der Waals surface area (Å²) < 4.78 is 0.742. The zero-order valence-corrected chi connectivity index (χ0v) is 12.6. The summed E-state index contributed by atoms with van der Waals surface area (Å²) in [6.07, 6.45) is 2.33. The summed E-state index contributed by atoms with van der Waals surface area (Å²) in [5.41, 5.74) is 0.653. The van der Waals surface area contributed by atoms with E-state index < -0.39 is 0 Å². The molecule has 0 aliphatic carbocycles. The van der Waals surface area contributed by atoms with E-state index in [9.17, 15) is 4.79 Å². The third kappa shape index (κ3) is 3.25. The van der Waals surface area contributed by atoms with Gasteiger partial charge in [-0.05, 0) is 53.5 Å². The molecule has 18 heavy (non-hydrogen) atoms. The number of nitrogens with one attached hydrogen (secondary N) is 1. The minimum atomic E-state index is 0.0206. The second-order valence-electron chi connectivity index (χ2n) is 4.60. The van der Waals surface area contributed by atoms with Gasteiger partial charge >= 0.3 is 0 Å². The number of hydrogen-bond donors (Lipinski definition) is 1. The Morgan fingerprint density at radius 2 is 2.39 bits per heavy atom. The van der Waals surface area contributed by atoms with Crippen LogP contribution in [-0.2, 0) is 0 Å². The molecular weight excluding hydrogens is 316 g/mol. The van der Waals surface area contributed by atoms with Crippen molar-refractivity contribution in [3.05, 3.63) is 33.3 Å². The van der Waals surface area contributed by atoms with Crippen LogP contribution < -0.4 is 5.32 Å². The Morgan fingerprint density at radius 1 is 1.61 bits per heavy atom. The fourth-order valence-corrected chi connectivity index (χ4v) is 3.05. The van der Waals surface area contributed by atoms with Gasteiger partial charge in [0.25, 0.3) is 5.91 Å². The Labute approximate surface area is 121 Å². The average Bonchev–Trinajstić information content (AvgIpc) is 2.81. The van der Waals surface area contributed by atoms with Gasteiger partial charge in [0.2, 0.25) is 0 Å². The van der Waals surface area contributed by atoms with Crippen LogP contribution in [0.2, 0.25) is 5.02 Å². The minimum absolute atomic E-state index is 0.0206. The molecule has 1 fully saturated rings. The van der Waals surface area contributed by atoms with Crippen LogP contribution in [0.4, 0.5) is 0 Å². The maximum Gasteiger partial charge on any atom is 0.254 e. The largest absolute Gasteiger partial charge is 0.340 e. The van der Waals surface area contributed by atoms with E-state index in [1.54, 1.807) is 23.1 Å². The predicted molar refractivity (Wildman–Crippen MR) is 77.1 cm³/mol. The first-order chi connectivity index (χ1) is 8.58. The lowest BCUT2D eigenvalue weighted by molar-refractivity contribution is 0.0783. The van der Waals surface area contributed by atoms with E-state index >= 15 is 0 Å². The van der Waals surface area contributed by atoms with Crippen molar-refractivity contribution in [1.82, 2.24) is 10.2 Å².